The molecule has 4 heteroatoms. The van der Waals surface area contributed by atoms with Gasteiger partial charge in [0.15, 0.2) is 0 Å². The van der Waals surface area contributed by atoms with Gasteiger partial charge >= 0.3 is 0 Å². The average molecular weight is 553 g/mol. The van der Waals surface area contributed by atoms with E-state index in [0.717, 1.165) is 62.5 Å². The summed E-state index contributed by atoms with van der Waals surface area (Å²) in [4.78, 5) is 0. The van der Waals surface area contributed by atoms with Gasteiger partial charge in [0.05, 0.1) is 12.2 Å². The standard InChI is InChI=1S/C36H60N2O2/c1-4-7-10-13-16-19-30(28-22-24-33(37)31(26-28)35(39)20-17-14-11-8-5-2)29-23-25-34(38)32(27-29)36(40)21-18-15-12-9-6-3/h22-27,30,35-36,39-40H,4-21,37-38H2,1-3H3. The maximum atomic E-state index is 11.1. The Morgan fingerprint density at radius 3 is 1.23 bits per heavy atom. The Bertz CT molecular complexity index is 875. The molecule has 0 spiro atoms. The normalized spacial score (nSPS) is 13.8. The van der Waals surface area contributed by atoms with Crippen molar-refractivity contribution in [3.8, 4) is 0 Å². The van der Waals surface area contributed by atoms with Crippen LogP contribution in [0.5, 0.6) is 0 Å². The van der Waals surface area contributed by atoms with E-state index in [2.05, 4.69) is 45.0 Å². The lowest BCUT2D eigenvalue weighted by molar-refractivity contribution is 0.164. The number of hydrogen-bond acceptors (Lipinski definition) is 4. The van der Waals surface area contributed by atoms with Crippen LogP contribution < -0.4 is 11.5 Å². The second-order valence-electron chi connectivity index (χ2n) is 12.0. The Labute approximate surface area is 246 Å². The molecule has 0 radical (unpaired) electrons. The Balaban J connectivity index is 2.26. The Kier molecular flexibility index (Phi) is 17.0. The Morgan fingerprint density at radius 2 is 0.850 bits per heavy atom. The topological polar surface area (TPSA) is 92.5 Å². The van der Waals surface area contributed by atoms with Gasteiger partial charge in [-0.25, -0.2) is 0 Å². The van der Waals surface area contributed by atoms with Gasteiger partial charge in [-0.2, -0.15) is 0 Å². The number of unbranched alkanes of at least 4 members (excludes halogenated alkanes) is 12. The van der Waals surface area contributed by atoms with Crippen molar-refractivity contribution in [2.24, 2.45) is 0 Å². The fourth-order valence-corrected chi connectivity index (χ4v) is 5.87. The van der Waals surface area contributed by atoms with Crippen LogP contribution in [0.1, 0.15) is 177 Å². The zero-order chi connectivity index (χ0) is 29.2. The highest BCUT2D eigenvalue weighted by atomic mass is 16.3. The number of aliphatic hydroxyl groups is 2. The molecule has 0 bridgehead atoms. The van der Waals surface area contributed by atoms with Crippen LogP contribution in [0, 0.1) is 0 Å². The largest absolute Gasteiger partial charge is 0.398 e. The van der Waals surface area contributed by atoms with Crippen molar-refractivity contribution in [2.75, 3.05) is 11.5 Å². The zero-order valence-corrected chi connectivity index (χ0v) is 26.0. The first-order valence-corrected chi connectivity index (χ1v) is 16.6. The first-order valence-electron chi connectivity index (χ1n) is 16.6. The number of aliphatic hydroxyl groups excluding tert-OH is 2. The van der Waals surface area contributed by atoms with Crippen molar-refractivity contribution in [3.63, 3.8) is 0 Å². The van der Waals surface area contributed by atoms with Crippen LogP contribution in [0.4, 0.5) is 11.4 Å². The average Bonchev–Trinajstić information content (AvgIpc) is 2.95. The van der Waals surface area contributed by atoms with E-state index in [-0.39, 0.29) is 5.92 Å². The van der Waals surface area contributed by atoms with Crippen molar-refractivity contribution < 1.29 is 10.2 Å². The molecule has 2 aromatic rings. The van der Waals surface area contributed by atoms with Gasteiger partial charge in [-0.15, -0.1) is 0 Å². The minimum atomic E-state index is -0.539. The van der Waals surface area contributed by atoms with Gasteiger partial charge in [-0.3, -0.25) is 0 Å². The van der Waals surface area contributed by atoms with Crippen LogP contribution in [0.15, 0.2) is 36.4 Å². The summed E-state index contributed by atoms with van der Waals surface area (Å²) in [7, 11) is 0. The van der Waals surface area contributed by atoms with Crippen molar-refractivity contribution in [2.45, 2.75) is 154 Å². The molecule has 0 aliphatic carbocycles. The maximum absolute atomic E-state index is 11.1. The first-order chi connectivity index (χ1) is 19.4. The van der Waals surface area contributed by atoms with E-state index >= 15 is 0 Å². The highest BCUT2D eigenvalue weighted by Gasteiger charge is 2.21. The van der Waals surface area contributed by atoms with Crippen molar-refractivity contribution in [1.82, 2.24) is 0 Å². The molecule has 0 amide bonds. The third-order valence-electron chi connectivity index (χ3n) is 8.50. The Morgan fingerprint density at radius 1 is 0.500 bits per heavy atom. The fraction of sp³-hybridized carbons (Fsp3) is 0.667. The van der Waals surface area contributed by atoms with Crippen LogP contribution >= 0.6 is 0 Å². The predicted octanol–water partition coefficient (Wildman–Crippen LogP) is 10.1. The highest BCUT2D eigenvalue weighted by Crippen LogP contribution is 2.37. The monoisotopic (exact) mass is 552 g/mol. The minimum absolute atomic E-state index is 0.175. The molecule has 40 heavy (non-hydrogen) atoms. The highest BCUT2D eigenvalue weighted by molar-refractivity contribution is 5.54. The third-order valence-corrected chi connectivity index (χ3v) is 8.50. The molecule has 2 aromatic carbocycles. The molecule has 0 aliphatic heterocycles. The summed E-state index contributed by atoms with van der Waals surface area (Å²) >= 11 is 0. The Hall–Kier alpha value is -2.04. The van der Waals surface area contributed by atoms with Crippen LogP contribution in [-0.4, -0.2) is 10.2 Å². The molecule has 0 fully saturated rings. The van der Waals surface area contributed by atoms with E-state index in [4.69, 9.17) is 11.5 Å². The molecule has 0 heterocycles. The third kappa shape index (κ3) is 11.8. The van der Waals surface area contributed by atoms with Crippen molar-refractivity contribution in [3.05, 3.63) is 58.7 Å². The molecule has 0 saturated heterocycles. The van der Waals surface area contributed by atoms with E-state index in [9.17, 15) is 10.2 Å². The number of benzene rings is 2. The van der Waals surface area contributed by atoms with Gasteiger partial charge in [0.1, 0.15) is 0 Å². The molecular formula is C36H60N2O2. The summed E-state index contributed by atoms with van der Waals surface area (Å²) in [5.41, 5.74) is 18.2. The molecule has 6 N–H and O–H groups in total. The smallest absolute Gasteiger partial charge is 0.0810 e. The van der Waals surface area contributed by atoms with E-state index in [0.29, 0.717) is 11.4 Å². The van der Waals surface area contributed by atoms with Gasteiger partial charge in [0.2, 0.25) is 0 Å². The van der Waals surface area contributed by atoms with Crippen molar-refractivity contribution >= 4 is 11.4 Å². The van der Waals surface area contributed by atoms with E-state index in [1.54, 1.807) is 0 Å². The predicted molar refractivity (Wildman–Crippen MR) is 174 cm³/mol. The summed E-state index contributed by atoms with van der Waals surface area (Å²) in [6.45, 7) is 6.69. The number of hydrogen-bond donors (Lipinski definition) is 4. The fourth-order valence-electron chi connectivity index (χ4n) is 5.87. The van der Waals surface area contributed by atoms with Gasteiger partial charge in [0.25, 0.3) is 0 Å². The van der Waals surface area contributed by atoms with Crippen LogP contribution in [0.3, 0.4) is 0 Å². The van der Waals surface area contributed by atoms with Gasteiger partial charge in [-0.05, 0) is 42.5 Å². The second-order valence-corrected chi connectivity index (χ2v) is 12.0. The second kappa shape index (κ2) is 19.9. The minimum Gasteiger partial charge on any atom is -0.398 e. The lowest BCUT2D eigenvalue weighted by atomic mass is 9.83. The SMILES string of the molecule is CCCCCCCC(O)c1cc(C(CCCCCCC)c2ccc(N)c(C(O)CCCCCCC)c2)ccc1N. The molecule has 2 rings (SSSR count). The van der Waals surface area contributed by atoms with Crippen molar-refractivity contribution in [1.29, 1.82) is 0 Å². The first kappa shape index (κ1) is 34.2. The van der Waals surface area contributed by atoms with Gasteiger partial charge < -0.3 is 21.7 Å². The molecule has 4 nitrogen and oxygen atoms in total. The van der Waals surface area contributed by atoms with E-state index in [1.165, 1.54) is 75.3 Å². The van der Waals surface area contributed by atoms with Crippen LogP contribution in [0.2, 0.25) is 0 Å². The van der Waals surface area contributed by atoms with E-state index < -0.39 is 12.2 Å². The van der Waals surface area contributed by atoms with Gasteiger partial charge in [0, 0.05) is 28.4 Å². The summed E-state index contributed by atoms with van der Waals surface area (Å²) in [5.74, 6) is 0.175. The summed E-state index contributed by atoms with van der Waals surface area (Å²) in [6, 6.07) is 12.5. The molecule has 0 aromatic heterocycles. The lowest BCUT2D eigenvalue weighted by Crippen LogP contribution is -2.09. The molecule has 0 aliphatic rings. The zero-order valence-electron chi connectivity index (χ0n) is 26.0. The number of anilines is 2. The van der Waals surface area contributed by atoms with Gasteiger partial charge in [-0.1, -0.05) is 141 Å². The summed E-state index contributed by atoms with van der Waals surface area (Å²) in [5, 5.41) is 22.1. The summed E-state index contributed by atoms with van der Waals surface area (Å²) in [6.07, 6.45) is 19.3. The molecule has 2 atom stereocenters. The molecular weight excluding hydrogens is 492 g/mol. The number of nitrogen functional groups attached to an aromatic ring is 2. The van der Waals surface area contributed by atoms with E-state index in [1.807, 2.05) is 12.1 Å². The molecule has 0 saturated carbocycles. The van der Waals surface area contributed by atoms with Crippen LogP contribution in [-0.2, 0) is 0 Å². The summed E-state index contributed by atoms with van der Waals surface area (Å²) < 4.78 is 0. The number of rotatable bonds is 22. The quantitative estimate of drug-likeness (QED) is 0.0863. The lowest BCUT2D eigenvalue weighted by Gasteiger charge is -2.23. The number of nitrogens with two attached hydrogens (primary N) is 2. The molecule has 226 valence electrons. The maximum Gasteiger partial charge on any atom is 0.0810 e. The molecule has 2 unspecified atom stereocenters. The van der Waals surface area contributed by atoms with Crippen LogP contribution in [0.25, 0.3) is 0 Å².